The van der Waals surface area contributed by atoms with Gasteiger partial charge in [0, 0.05) is 23.9 Å². The zero-order valence-corrected chi connectivity index (χ0v) is 14.2. The molecule has 0 unspecified atom stereocenters. The van der Waals surface area contributed by atoms with Crippen molar-refractivity contribution in [3.63, 3.8) is 0 Å². The topological polar surface area (TPSA) is 54.7 Å². The molecule has 0 saturated heterocycles. The molecule has 25 heavy (non-hydrogen) atoms. The van der Waals surface area contributed by atoms with E-state index in [4.69, 9.17) is 4.84 Å². The number of benzene rings is 2. The molecule has 5 heteroatoms. The minimum Gasteiger partial charge on any atom is -0.371 e. The molecule has 1 aliphatic rings. The van der Waals surface area contributed by atoms with Crippen LogP contribution in [0, 0.1) is 0 Å². The van der Waals surface area contributed by atoms with E-state index in [1.54, 1.807) is 0 Å². The van der Waals surface area contributed by atoms with E-state index in [-0.39, 0.29) is 11.8 Å². The maximum Gasteiger partial charge on any atom is 0.296 e. The van der Waals surface area contributed by atoms with Crippen molar-refractivity contribution in [2.24, 2.45) is 7.05 Å². The summed E-state index contributed by atoms with van der Waals surface area (Å²) in [5, 5.41) is 12.9. The second-order valence-corrected chi connectivity index (χ2v) is 6.36. The third-order valence-electron chi connectivity index (χ3n) is 5.01. The summed E-state index contributed by atoms with van der Waals surface area (Å²) >= 11 is 0. The first-order valence-corrected chi connectivity index (χ1v) is 8.30. The fourth-order valence-corrected chi connectivity index (χ4v) is 3.86. The maximum atomic E-state index is 12.9. The SMILES string of the molecule is CON1C(=O)c2c(c3ccccc3n2C)[C@H](Cc2ccccc2)[C@H]1O. The van der Waals surface area contributed by atoms with Crippen molar-refractivity contribution >= 4 is 16.8 Å². The Labute approximate surface area is 146 Å². The van der Waals surface area contributed by atoms with Crippen LogP contribution in [-0.2, 0) is 18.3 Å². The lowest BCUT2D eigenvalue weighted by atomic mass is 9.85. The number of carbonyl (C=O) groups excluding carboxylic acids is 1. The van der Waals surface area contributed by atoms with Crippen LogP contribution in [0.15, 0.2) is 54.6 Å². The molecular formula is C20H20N2O3. The highest BCUT2D eigenvalue weighted by Crippen LogP contribution is 2.40. The van der Waals surface area contributed by atoms with E-state index in [2.05, 4.69) is 0 Å². The van der Waals surface area contributed by atoms with Crippen molar-refractivity contribution in [3.05, 3.63) is 71.4 Å². The first kappa shape index (κ1) is 15.9. The molecule has 2 aromatic carbocycles. The van der Waals surface area contributed by atoms with Crippen LogP contribution in [0.3, 0.4) is 0 Å². The monoisotopic (exact) mass is 336 g/mol. The molecule has 5 nitrogen and oxygen atoms in total. The molecule has 1 aliphatic heterocycles. The third-order valence-corrected chi connectivity index (χ3v) is 5.01. The Morgan fingerprint density at radius 1 is 1.08 bits per heavy atom. The number of rotatable bonds is 3. The number of aliphatic hydroxyl groups excluding tert-OH is 1. The van der Waals surface area contributed by atoms with Gasteiger partial charge in [-0.3, -0.25) is 9.63 Å². The van der Waals surface area contributed by atoms with Crippen LogP contribution >= 0.6 is 0 Å². The molecule has 128 valence electrons. The van der Waals surface area contributed by atoms with Crippen LogP contribution in [0.1, 0.15) is 27.5 Å². The Hall–Kier alpha value is -2.63. The Kier molecular flexibility index (Phi) is 3.82. The van der Waals surface area contributed by atoms with Crippen molar-refractivity contribution in [3.8, 4) is 0 Å². The molecule has 1 aromatic heterocycles. The molecule has 0 fully saturated rings. The quantitative estimate of drug-likeness (QED) is 0.800. The number of fused-ring (bicyclic) bond motifs is 3. The minimum atomic E-state index is -1.03. The van der Waals surface area contributed by atoms with E-state index in [1.165, 1.54) is 7.11 Å². The van der Waals surface area contributed by atoms with Gasteiger partial charge >= 0.3 is 0 Å². The molecule has 0 spiro atoms. The molecule has 3 aromatic rings. The number of carbonyl (C=O) groups is 1. The molecule has 4 rings (SSSR count). The highest BCUT2D eigenvalue weighted by Gasteiger charge is 2.42. The Balaban J connectivity index is 1.94. The summed E-state index contributed by atoms with van der Waals surface area (Å²) in [5.41, 5.74) is 3.56. The van der Waals surface area contributed by atoms with Crippen molar-refractivity contribution in [1.29, 1.82) is 0 Å². The predicted molar refractivity (Wildman–Crippen MR) is 95.0 cm³/mol. The van der Waals surface area contributed by atoms with Crippen molar-refractivity contribution in [1.82, 2.24) is 9.63 Å². The lowest BCUT2D eigenvalue weighted by Gasteiger charge is -2.36. The third kappa shape index (κ3) is 2.35. The fourth-order valence-electron chi connectivity index (χ4n) is 3.86. The molecular weight excluding hydrogens is 316 g/mol. The average Bonchev–Trinajstić information content (AvgIpc) is 2.93. The second-order valence-electron chi connectivity index (χ2n) is 6.36. The van der Waals surface area contributed by atoms with Crippen LogP contribution in [0.5, 0.6) is 0 Å². The number of hydrogen-bond donors (Lipinski definition) is 1. The maximum absolute atomic E-state index is 12.9. The molecule has 2 atom stereocenters. The van der Waals surface area contributed by atoms with Crippen LogP contribution in [-0.4, -0.2) is 34.0 Å². The van der Waals surface area contributed by atoms with Gasteiger partial charge in [-0.05, 0) is 23.6 Å². The minimum absolute atomic E-state index is 0.263. The van der Waals surface area contributed by atoms with E-state index < -0.39 is 6.23 Å². The van der Waals surface area contributed by atoms with Gasteiger partial charge in [-0.25, -0.2) is 0 Å². The molecule has 0 radical (unpaired) electrons. The zero-order chi connectivity index (χ0) is 17.6. The van der Waals surface area contributed by atoms with E-state index in [9.17, 15) is 9.90 Å². The average molecular weight is 336 g/mol. The zero-order valence-electron chi connectivity index (χ0n) is 14.2. The van der Waals surface area contributed by atoms with Crippen LogP contribution < -0.4 is 0 Å². The van der Waals surface area contributed by atoms with Gasteiger partial charge in [0.25, 0.3) is 5.91 Å². The number of nitrogens with zero attached hydrogens (tertiary/aromatic N) is 2. The van der Waals surface area contributed by atoms with E-state index in [1.807, 2.05) is 66.2 Å². The van der Waals surface area contributed by atoms with Gasteiger partial charge in [-0.15, -0.1) is 0 Å². The Morgan fingerprint density at radius 3 is 2.48 bits per heavy atom. The van der Waals surface area contributed by atoms with Gasteiger partial charge in [-0.2, -0.15) is 5.06 Å². The number of aliphatic hydroxyl groups is 1. The van der Waals surface area contributed by atoms with E-state index >= 15 is 0 Å². The summed E-state index contributed by atoms with van der Waals surface area (Å²) < 4.78 is 1.89. The van der Waals surface area contributed by atoms with Crippen LogP contribution in [0.4, 0.5) is 0 Å². The molecule has 0 aliphatic carbocycles. The van der Waals surface area contributed by atoms with Gasteiger partial charge in [0.05, 0.1) is 7.11 Å². The van der Waals surface area contributed by atoms with Gasteiger partial charge in [0.15, 0.2) is 6.23 Å². The van der Waals surface area contributed by atoms with Crippen LogP contribution in [0.2, 0.25) is 0 Å². The summed E-state index contributed by atoms with van der Waals surface area (Å²) in [4.78, 5) is 18.1. The number of aromatic nitrogens is 1. The molecule has 1 amide bonds. The Morgan fingerprint density at radius 2 is 1.76 bits per heavy atom. The van der Waals surface area contributed by atoms with E-state index in [0.29, 0.717) is 12.1 Å². The molecule has 1 N–H and O–H groups in total. The van der Waals surface area contributed by atoms with Gasteiger partial charge in [-0.1, -0.05) is 48.5 Å². The first-order valence-electron chi connectivity index (χ1n) is 8.30. The molecule has 0 saturated carbocycles. The van der Waals surface area contributed by atoms with Gasteiger partial charge in [0.1, 0.15) is 5.69 Å². The summed E-state index contributed by atoms with van der Waals surface area (Å²) in [5.74, 6) is -0.575. The fraction of sp³-hybridized carbons (Fsp3) is 0.250. The van der Waals surface area contributed by atoms with Crippen molar-refractivity contribution < 1.29 is 14.7 Å². The molecule has 2 heterocycles. The van der Waals surface area contributed by atoms with Crippen molar-refractivity contribution in [2.75, 3.05) is 7.11 Å². The van der Waals surface area contributed by atoms with Crippen LogP contribution in [0.25, 0.3) is 10.9 Å². The summed E-state index contributed by atoms with van der Waals surface area (Å²) in [6.07, 6.45) is -0.410. The van der Waals surface area contributed by atoms with E-state index in [0.717, 1.165) is 27.1 Å². The number of hydrogen-bond acceptors (Lipinski definition) is 3. The predicted octanol–water partition coefficient (Wildman–Crippen LogP) is 2.84. The first-order chi connectivity index (χ1) is 12.1. The lowest BCUT2D eigenvalue weighted by molar-refractivity contribution is -0.194. The number of hydroxylamine groups is 2. The summed E-state index contributed by atoms with van der Waals surface area (Å²) in [6.45, 7) is 0. The van der Waals surface area contributed by atoms with Gasteiger partial charge in [0.2, 0.25) is 0 Å². The smallest absolute Gasteiger partial charge is 0.296 e. The largest absolute Gasteiger partial charge is 0.371 e. The normalized spacial score (nSPS) is 20.1. The Bertz CT molecular complexity index is 933. The second kappa shape index (κ2) is 6.02. The summed E-state index contributed by atoms with van der Waals surface area (Å²) in [7, 11) is 3.29. The number of aryl methyl sites for hydroxylation is 1. The summed E-state index contributed by atoms with van der Waals surface area (Å²) in [6, 6.07) is 17.9. The van der Waals surface area contributed by atoms with Gasteiger partial charge < -0.3 is 9.67 Å². The highest BCUT2D eigenvalue weighted by molar-refractivity contribution is 6.03. The van der Waals surface area contributed by atoms with Crippen molar-refractivity contribution in [2.45, 2.75) is 18.6 Å². The highest BCUT2D eigenvalue weighted by atomic mass is 16.7. The standard InChI is InChI=1S/C20H20N2O3/c1-21-16-11-7-6-10-14(16)17-15(12-13-8-4-3-5-9-13)19(23)22(25-2)20(24)18(17)21/h3-11,15,19,23H,12H2,1-2H3/t15-,19+/m0/s1. The number of amides is 1. The molecule has 0 bridgehead atoms. The number of para-hydroxylation sites is 1. The lowest BCUT2D eigenvalue weighted by Crippen LogP contribution is -2.48.